The van der Waals surface area contributed by atoms with Gasteiger partial charge in [0.2, 0.25) is 5.91 Å². The van der Waals surface area contributed by atoms with E-state index in [0.717, 1.165) is 12.8 Å². The highest BCUT2D eigenvalue weighted by Gasteiger charge is 2.64. The summed E-state index contributed by atoms with van der Waals surface area (Å²) >= 11 is 0. The number of carbonyl (C=O) groups excluding carboxylic acids is 2. The van der Waals surface area contributed by atoms with Crippen molar-refractivity contribution in [3.05, 3.63) is 11.8 Å². The summed E-state index contributed by atoms with van der Waals surface area (Å²) in [7, 11) is 0. The molecular formula is C22H29F3N6O3. The van der Waals surface area contributed by atoms with Crippen molar-refractivity contribution in [1.29, 1.82) is 5.26 Å². The van der Waals surface area contributed by atoms with E-state index in [0.29, 0.717) is 25.7 Å². The number of nitriles is 1. The number of nitrogens with zero attached hydrogens (tertiary/aromatic N) is 4. The topological polar surface area (TPSA) is 126 Å². The van der Waals surface area contributed by atoms with Crippen molar-refractivity contribution in [3.63, 3.8) is 0 Å². The van der Waals surface area contributed by atoms with Gasteiger partial charge in [-0.15, -0.1) is 0 Å². The number of alkyl halides is 3. The Morgan fingerprint density at radius 2 is 1.94 bits per heavy atom. The first-order valence-electron chi connectivity index (χ1n) is 11.6. The molecule has 186 valence electrons. The maximum Gasteiger partial charge on any atom is 0.419 e. The Morgan fingerprint density at radius 1 is 1.29 bits per heavy atom. The number of rotatable bonds is 8. The van der Waals surface area contributed by atoms with Gasteiger partial charge in [0.1, 0.15) is 5.56 Å². The van der Waals surface area contributed by atoms with Crippen LogP contribution in [0.5, 0.6) is 0 Å². The van der Waals surface area contributed by atoms with Gasteiger partial charge < -0.3 is 15.8 Å². The van der Waals surface area contributed by atoms with Gasteiger partial charge >= 0.3 is 6.18 Å². The van der Waals surface area contributed by atoms with Crippen molar-refractivity contribution in [2.45, 2.75) is 75.2 Å². The Bertz CT molecular complexity index is 983. The van der Waals surface area contributed by atoms with E-state index in [2.05, 4.69) is 16.5 Å². The van der Waals surface area contributed by atoms with Gasteiger partial charge in [0.05, 0.1) is 18.0 Å². The molecule has 34 heavy (non-hydrogen) atoms. The lowest BCUT2D eigenvalue weighted by atomic mass is 9.75. The van der Waals surface area contributed by atoms with Crippen molar-refractivity contribution in [2.24, 2.45) is 11.7 Å². The van der Waals surface area contributed by atoms with Crippen LogP contribution >= 0.6 is 0 Å². The zero-order valence-electron chi connectivity index (χ0n) is 19.0. The fourth-order valence-electron chi connectivity index (χ4n) is 5.09. The number of carbonyl (C=O) groups is 2. The molecule has 1 aromatic rings. The van der Waals surface area contributed by atoms with Gasteiger partial charge in [-0.2, -0.15) is 23.5 Å². The van der Waals surface area contributed by atoms with Crippen molar-refractivity contribution in [2.75, 3.05) is 25.0 Å². The van der Waals surface area contributed by atoms with Crippen LogP contribution in [0, 0.1) is 17.2 Å². The molecule has 3 fully saturated rings. The number of amides is 2. The van der Waals surface area contributed by atoms with Crippen LogP contribution in [-0.2, 0) is 15.1 Å². The number of anilines is 1. The second kappa shape index (κ2) is 8.85. The quantitative estimate of drug-likeness (QED) is 0.586. The fraction of sp³-hybridized carbons (Fsp3) is 0.727. The summed E-state index contributed by atoms with van der Waals surface area (Å²) in [5.41, 5.74) is 2.72. The standard InChI is InChI=1S/C22H29F3N6O3/c1-2-34-21(22(23,24)25)12-30(13-21)15-5-7-20(8-6-15,9-10-26)31-11-16(17(27)32)18(29-31)28-19(33)14-3-4-14/h11,14-15H,2-9,12-13H2,1H3,(H2,27,32)(H,28,29,33)/t15-,20-. The average molecular weight is 483 g/mol. The third-order valence-corrected chi connectivity index (χ3v) is 7.32. The molecule has 0 unspecified atom stereocenters. The first-order valence-corrected chi connectivity index (χ1v) is 11.6. The molecule has 0 aromatic carbocycles. The molecule has 4 rings (SSSR count). The van der Waals surface area contributed by atoms with Crippen LogP contribution in [0.25, 0.3) is 0 Å². The van der Waals surface area contributed by atoms with Crippen LogP contribution in [0.3, 0.4) is 0 Å². The van der Waals surface area contributed by atoms with E-state index in [4.69, 9.17) is 10.5 Å². The number of halogens is 3. The Morgan fingerprint density at radius 3 is 2.44 bits per heavy atom. The number of ether oxygens (including phenoxy) is 1. The number of hydrogen-bond acceptors (Lipinski definition) is 6. The van der Waals surface area contributed by atoms with E-state index in [9.17, 15) is 28.0 Å². The Balaban J connectivity index is 1.48. The highest BCUT2D eigenvalue weighted by Crippen LogP contribution is 2.46. The summed E-state index contributed by atoms with van der Waals surface area (Å²) in [5.74, 6) is -0.964. The van der Waals surface area contributed by atoms with Gasteiger partial charge in [0.25, 0.3) is 5.91 Å². The highest BCUT2D eigenvalue weighted by molar-refractivity contribution is 6.02. The van der Waals surface area contributed by atoms with E-state index in [-0.39, 0.29) is 55.4 Å². The molecule has 3 N–H and O–H groups in total. The van der Waals surface area contributed by atoms with Gasteiger partial charge in [0.15, 0.2) is 11.4 Å². The van der Waals surface area contributed by atoms with E-state index >= 15 is 0 Å². The minimum Gasteiger partial charge on any atom is -0.365 e. The predicted octanol–water partition coefficient (Wildman–Crippen LogP) is 2.54. The molecule has 9 nitrogen and oxygen atoms in total. The molecule has 3 aliphatic rings. The van der Waals surface area contributed by atoms with Gasteiger partial charge in [-0.25, -0.2) is 0 Å². The predicted molar refractivity (Wildman–Crippen MR) is 115 cm³/mol. The molecule has 1 saturated heterocycles. The summed E-state index contributed by atoms with van der Waals surface area (Å²) in [6.45, 7) is 1.14. The smallest absolute Gasteiger partial charge is 0.365 e. The number of likely N-dealkylation sites (tertiary alicyclic amines) is 1. The van der Waals surface area contributed by atoms with Gasteiger partial charge in [-0.1, -0.05) is 0 Å². The van der Waals surface area contributed by atoms with Crippen molar-refractivity contribution in [3.8, 4) is 6.07 Å². The maximum absolute atomic E-state index is 13.5. The zero-order chi connectivity index (χ0) is 24.7. The summed E-state index contributed by atoms with van der Waals surface area (Å²) in [4.78, 5) is 26.0. The van der Waals surface area contributed by atoms with Crippen molar-refractivity contribution < 1.29 is 27.5 Å². The normalized spacial score (nSPS) is 27.0. The van der Waals surface area contributed by atoms with Crippen molar-refractivity contribution >= 4 is 17.6 Å². The van der Waals surface area contributed by atoms with E-state index < -0.39 is 23.2 Å². The number of hydrogen-bond donors (Lipinski definition) is 2. The molecule has 2 heterocycles. The lowest BCUT2D eigenvalue weighted by Crippen LogP contribution is -2.72. The SMILES string of the molecule is CCOC1(C(F)(F)F)CN([C@H]2CC[C@](CC#N)(n3cc(C(N)=O)c(NC(=O)C4CC4)n3)CC2)C1. The number of nitrogens with two attached hydrogens (primary N) is 1. The Hall–Kier alpha value is -2.65. The molecule has 2 amide bonds. The zero-order valence-corrected chi connectivity index (χ0v) is 19.0. The molecule has 1 aliphatic heterocycles. The van der Waals surface area contributed by atoms with Gasteiger partial charge in [-0.3, -0.25) is 19.2 Å². The average Bonchev–Trinajstić information content (AvgIpc) is 3.50. The van der Waals surface area contributed by atoms with Crippen molar-refractivity contribution in [1.82, 2.24) is 14.7 Å². The third-order valence-electron chi connectivity index (χ3n) is 7.32. The van der Waals surface area contributed by atoms with Crippen LogP contribution in [0.1, 0.15) is 62.2 Å². The first-order chi connectivity index (χ1) is 16.0. The number of aromatic nitrogens is 2. The molecule has 0 atom stereocenters. The lowest BCUT2D eigenvalue weighted by Gasteiger charge is -2.54. The second-order valence-electron chi connectivity index (χ2n) is 9.58. The summed E-state index contributed by atoms with van der Waals surface area (Å²) in [5, 5.41) is 16.6. The highest BCUT2D eigenvalue weighted by atomic mass is 19.4. The number of nitrogens with one attached hydrogen (secondary N) is 1. The van der Waals surface area contributed by atoms with E-state index in [1.54, 1.807) is 16.5 Å². The third kappa shape index (κ3) is 4.38. The second-order valence-corrected chi connectivity index (χ2v) is 9.58. The van der Waals surface area contributed by atoms with Crippen LogP contribution in [0.15, 0.2) is 6.20 Å². The largest absolute Gasteiger partial charge is 0.419 e. The Labute approximate surface area is 195 Å². The Kier molecular flexibility index (Phi) is 6.37. The number of primary amides is 1. The molecule has 1 aromatic heterocycles. The molecule has 0 spiro atoms. The molecule has 2 saturated carbocycles. The first kappa shape index (κ1) is 24.5. The van der Waals surface area contributed by atoms with Crippen LogP contribution in [0.4, 0.5) is 19.0 Å². The molecular weight excluding hydrogens is 453 g/mol. The van der Waals surface area contributed by atoms with Crippen LogP contribution in [-0.4, -0.2) is 64.0 Å². The molecule has 0 bridgehead atoms. The van der Waals surface area contributed by atoms with Gasteiger partial charge in [0, 0.05) is 37.9 Å². The molecule has 2 aliphatic carbocycles. The summed E-state index contributed by atoms with van der Waals surface area (Å²) in [6, 6.07) is 2.11. The monoisotopic (exact) mass is 482 g/mol. The molecule has 0 radical (unpaired) electrons. The van der Waals surface area contributed by atoms with E-state index in [1.807, 2.05) is 0 Å². The maximum atomic E-state index is 13.5. The van der Waals surface area contributed by atoms with Crippen LogP contribution < -0.4 is 11.1 Å². The minimum atomic E-state index is -4.43. The minimum absolute atomic E-state index is 0.00951. The molecule has 12 heteroatoms. The van der Waals surface area contributed by atoms with E-state index in [1.165, 1.54) is 6.20 Å². The summed E-state index contributed by atoms with van der Waals surface area (Å²) < 4.78 is 47.2. The lowest BCUT2D eigenvalue weighted by molar-refractivity contribution is -0.322. The fourth-order valence-corrected chi connectivity index (χ4v) is 5.09. The summed E-state index contributed by atoms with van der Waals surface area (Å²) in [6.07, 6.45) is 0.837. The van der Waals surface area contributed by atoms with Gasteiger partial charge in [-0.05, 0) is 45.4 Å². The van der Waals surface area contributed by atoms with Crippen LogP contribution in [0.2, 0.25) is 0 Å².